The molecule has 0 unspecified atom stereocenters. The lowest BCUT2D eigenvalue weighted by molar-refractivity contribution is 0.301. The fourth-order valence-corrected chi connectivity index (χ4v) is 2.39. The van der Waals surface area contributed by atoms with E-state index in [1.54, 1.807) is 0 Å². The fourth-order valence-electron chi connectivity index (χ4n) is 1.85. The third-order valence-corrected chi connectivity index (χ3v) is 3.78. The van der Waals surface area contributed by atoms with Crippen LogP contribution in [0.25, 0.3) is 0 Å². The van der Waals surface area contributed by atoms with Crippen LogP contribution in [0.4, 0.5) is 0 Å². The smallest absolute Gasteiger partial charge is 0.120 e. The molecule has 0 amide bonds. The van der Waals surface area contributed by atoms with Gasteiger partial charge in [0.25, 0.3) is 0 Å². The lowest BCUT2D eigenvalue weighted by Crippen LogP contribution is -2.00. The van der Waals surface area contributed by atoms with E-state index in [1.165, 1.54) is 0 Å². The van der Waals surface area contributed by atoms with E-state index in [-0.39, 0.29) is 0 Å². The van der Waals surface area contributed by atoms with Crippen molar-refractivity contribution in [3.05, 3.63) is 58.1 Å². The topological polar surface area (TPSA) is 44.5 Å². The Balaban J connectivity index is 1.93. The molecule has 0 aliphatic heterocycles. The van der Waals surface area contributed by atoms with Crippen LogP contribution in [0.15, 0.2) is 46.9 Å². The molecule has 0 radical (unpaired) electrons. The summed E-state index contributed by atoms with van der Waals surface area (Å²) in [5.74, 6) is 1.70. The predicted octanol–water partition coefficient (Wildman–Crippen LogP) is 4.28. The molecule has 2 N–H and O–H groups in total. The summed E-state index contributed by atoms with van der Waals surface area (Å²) in [6.45, 7) is 3.88. The summed E-state index contributed by atoms with van der Waals surface area (Å²) in [6, 6.07) is 13.8. The molecule has 0 atom stereocenters. The van der Waals surface area contributed by atoms with E-state index >= 15 is 0 Å². The van der Waals surface area contributed by atoms with Gasteiger partial charge in [-0.15, -0.1) is 0 Å². The van der Waals surface area contributed by atoms with Gasteiger partial charge in [0.05, 0.1) is 6.61 Å². The lowest BCUT2D eigenvalue weighted by Gasteiger charge is -2.10. The van der Waals surface area contributed by atoms with Crippen molar-refractivity contribution in [3.63, 3.8) is 0 Å². The van der Waals surface area contributed by atoms with E-state index in [0.717, 1.165) is 40.1 Å². The number of hydrogen-bond acceptors (Lipinski definition) is 3. The number of nitrogens with two attached hydrogens (primary N) is 1. The van der Waals surface area contributed by atoms with Gasteiger partial charge in [-0.2, -0.15) is 0 Å². The molecule has 2 aromatic rings. The molecule has 2 rings (SSSR count). The fraction of sp³-hybridized carbons (Fsp3) is 0.294. The third-order valence-electron chi connectivity index (χ3n) is 3.04. The van der Waals surface area contributed by atoms with E-state index in [4.69, 9.17) is 15.2 Å². The van der Waals surface area contributed by atoms with Crippen molar-refractivity contribution < 1.29 is 9.47 Å². The van der Waals surface area contributed by atoms with Crippen LogP contribution in [-0.2, 0) is 13.2 Å². The molecule has 0 fully saturated rings. The highest BCUT2D eigenvalue weighted by Crippen LogP contribution is 2.22. The SMILES string of the molecule is CCCOc1ccc(OCc2ccc(CN)cc2Br)cc1. The second-order valence-electron chi connectivity index (χ2n) is 4.74. The number of ether oxygens (including phenoxy) is 2. The Hall–Kier alpha value is -1.52. The molecule has 21 heavy (non-hydrogen) atoms. The molecular weight excluding hydrogens is 330 g/mol. The van der Waals surface area contributed by atoms with Gasteiger partial charge in [0.2, 0.25) is 0 Å². The molecule has 4 heteroatoms. The minimum Gasteiger partial charge on any atom is -0.494 e. The van der Waals surface area contributed by atoms with Crippen molar-refractivity contribution in [2.45, 2.75) is 26.5 Å². The Morgan fingerprint density at radius 2 is 1.67 bits per heavy atom. The number of rotatable bonds is 7. The van der Waals surface area contributed by atoms with Crippen LogP contribution in [0, 0.1) is 0 Å². The Morgan fingerprint density at radius 1 is 1.00 bits per heavy atom. The first-order chi connectivity index (χ1) is 10.2. The molecule has 0 aliphatic rings. The molecule has 0 aromatic heterocycles. The molecule has 112 valence electrons. The third kappa shape index (κ3) is 4.76. The summed E-state index contributed by atoms with van der Waals surface area (Å²) in [7, 11) is 0. The highest BCUT2D eigenvalue weighted by Gasteiger charge is 2.03. The lowest BCUT2D eigenvalue weighted by atomic mass is 10.1. The van der Waals surface area contributed by atoms with Crippen LogP contribution in [-0.4, -0.2) is 6.61 Å². The van der Waals surface area contributed by atoms with Gasteiger partial charge in [0.15, 0.2) is 0 Å². The first-order valence-electron chi connectivity index (χ1n) is 7.06. The Morgan fingerprint density at radius 3 is 2.24 bits per heavy atom. The standard InChI is InChI=1S/C17H20BrNO2/c1-2-9-20-15-5-7-16(8-6-15)21-12-14-4-3-13(11-19)10-17(14)18/h3-8,10H,2,9,11-12,19H2,1H3. The number of hydrogen-bond donors (Lipinski definition) is 1. The normalized spacial score (nSPS) is 10.4. The van der Waals surface area contributed by atoms with Crippen molar-refractivity contribution in [3.8, 4) is 11.5 Å². The molecule has 0 saturated carbocycles. The largest absolute Gasteiger partial charge is 0.494 e. The molecule has 0 saturated heterocycles. The van der Waals surface area contributed by atoms with Crippen LogP contribution in [0.5, 0.6) is 11.5 Å². The molecule has 0 bridgehead atoms. The molecule has 0 spiro atoms. The molecule has 0 heterocycles. The zero-order chi connectivity index (χ0) is 15.1. The van der Waals surface area contributed by atoms with E-state index in [1.807, 2.05) is 42.5 Å². The van der Waals surface area contributed by atoms with Gasteiger partial charge >= 0.3 is 0 Å². The summed E-state index contributed by atoms with van der Waals surface area (Å²) >= 11 is 3.55. The average molecular weight is 350 g/mol. The van der Waals surface area contributed by atoms with Gasteiger partial charge in [0, 0.05) is 16.6 Å². The summed E-state index contributed by atoms with van der Waals surface area (Å²) in [5.41, 5.74) is 7.81. The molecule has 0 aliphatic carbocycles. The van der Waals surface area contributed by atoms with Crippen LogP contribution in [0.3, 0.4) is 0 Å². The Kier molecular flexibility index (Phi) is 6.08. The Labute approximate surface area is 134 Å². The van der Waals surface area contributed by atoms with E-state index in [2.05, 4.69) is 22.9 Å². The molecule has 2 aromatic carbocycles. The highest BCUT2D eigenvalue weighted by atomic mass is 79.9. The number of halogens is 1. The second-order valence-corrected chi connectivity index (χ2v) is 5.59. The van der Waals surface area contributed by atoms with Crippen molar-refractivity contribution in [2.24, 2.45) is 5.73 Å². The minimum absolute atomic E-state index is 0.514. The van der Waals surface area contributed by atoms with Gasteiger partial charge in [0.1, 0.15) is 18.1 Å². The number of benzene rings is 2. The van der Waals surface area contributed by atoms with Crippen molar-refractivity contribution in [1.29, 1.82) is 0 Å². The molecule has 3 nitrogen and oxygen atoms in total. The van der Waals surface area contributed by atoms with Gasteiger partial charge < -0.3 is 15.2 Å². The van der Waals surface area contributed by atoms with Gasteiger partial charge in [-0.25, -0.2) is 0 Å². The van der Waals surface area contributed by atoms with Crippen LogP contribution >= 0.6 is 15.9 Å². The summed E-state index contributed by atoms with van der Waals surface area (Å²) < 4.78 is 12.4. The van der Waals surface area contributed by atoms with Crippen molar-refractivity contribution in [1.82, 2.24) is 0 Å². The highest BCUT2D eigenvalue weighted by molar-refractivity contribution is 9.10. The van der Waals surface area contributed by atoms with Crippen LogP contribution in [0.1, 0.15) is 24.5 Å². The Bertz CT molecular complexity index is 570. The van der Waals surface area contributed by atoms with Crippen LogP contribution < -0.4 is 15.2 Å². The monoisotopic (exact) mass is 349 g/mol. The quantitative estimate of drug-likeness (QED) is 0.811. The summed E-state index contributed by atoms with van der Waals surface area (Å²) in [5, 5.41) is 0. The van der Waals surface area contributed by atoms with Gasteiger partial charge in [-0.05, 0) is 42.3 Å². The molecular formula is C17H20BrNO2. The maximum absolute atomic E-state index is 5.79. The maximum Gasteiger partial charge on any atom is 0.120 e. The van der Waals surface area contributed by atoms with E-state index in [0.29, 0.717) is 13.2 Å². The average Bonchev–Trinajstić information content (AvgIpc) is 2.52. The van der Waals surface area contributed by atoms with E-state index < -0.39 is 0 Å². The minimum atomic E-state index is 0.514. The second kappa shape index (κ2) is 8.05. The summed E-state index contributed by atoms with van der Waals surface area (Å²) in [6.07, 6.45) is 1.01. The van der Waals surface area contributed by atoms with Crippen molar-refractivity contribution >= 4 is 15.9 Å². The van der Waals surface area contributed by atoms with Crippen LogP contribution in [0.2, 0.25) is 0 Å². The van der Waals surface area contributed by atoms with Gasteiger partial charge in [-0.3, -0.25) is 0 Å². The van der Waals surface area contributed by atoms with E-state index in [9.17, 15) is 0 Å². The predicted molar refractivity (Wildman–Crippen MR) is 88.6 cm³/mol. The maximum atomic E-state index is 5.79. The zero-order valence-corrected chi connectivity index (χ0v) is 13.7. The van der Waals surface area contributed by atoms with Gasteiger partial charge in [-0.1, -0.05) is 35.0 Å². The summed E-state index contributed by atoms with van der Waals surface area (Å²) in [4.78, 5) is 0. The first kappa shape index (κ1) is 15.9. The first-order valence-corrected chi connectivity index (χ1v) is 7.85. The van der Waals surface area contributed by atoms with Crippen molar-refractivity contribution in [2.75, 3.05) is 6.61 Å². The zero-order valence-electron chi connectivity index (χ0n) is 12.1.